The molecule has 12 heavy (non-hydrogen) atoms. The molecule has 0 saturated heterocycles. The zero-order valence-electron chi connectivity index (χ0n) is 6.27. The summed E-state index contributed by atoms with van der Waals surface area (Å²) < 4.78 is 0. The highest BCUT2D eigenvalue weighted by atomic mass is 16.4. The first-order chi connectivity index (χ1) is 5.65. The van der Waals surface area contributed by atoms with Gasteiger partial charge in [-0.15, -0.1) is 0 Å². The third kappa shape index (κ3) is 1.37. The van der Waals surface area contributed by atoms with Crippen LogP contribution in [-0.2, 0) is 0 Å². The Labute approximate surface area is 68.3 Å². The first-order valence-corrected chi connectivity index (χ1v) is 3.12. The molecule has 0 fully saturated rings. The van der Waals surface area contributed by atoms with E-state index in [-0.39, 0.29) is 11.4 Å². The van der Waals surface area contributed by atoms with E-state index >= 15 is 0 Å². The summed E-state index contributed by atoms with van der Waals surface area (Å²) in [7, 11) is 0. The molecule has 60 valence electrons. The molecule has 1 N–H and O–H groups in total. The van der Waals surface area contributed by atoms with E-state index in [1.807, 2.05) is 0 Å². The smallest absolute Gasteiger partial charge is 0.356 e. The van der Waals surface area contributed by atoms with Gasteiger partial charge in [-0.1, -0.05) is 0 Å². The molecule has 0 aromatic carbocycles. The predicted molar refractivity (Wildman–Crippen MR) is 38.4 cm³/mol. The third-order valence-electron chi connectivity index (χ3n) is 1.27. The van der Waals surface area contributed by atoms with Crippen LogP contribution in [0.5, 0.6) is 0 Å². The average Bonchev–Trinajstić information content (AvgIpc) is 2.05. The molecule has 1 aromatic rings. The number of hydrogen-bond donors (Lipinski definition) is 1. The van der Waals surface area contributed by atoms with E-state index in [1.165, 1.54) is 13.1 Å². The maximum Gasteiger partial charge on any atom is 0.356 e. The summed E-state index contributed by atoms with van der Waals surface area (Å²) >= 11 is 0. The van der Waals surface area contributed by atoms with Crippen molar-refractivity contribution in [2.24, 2.45) is 0 Å². The van der Waals surface area contributed by atoms with Crippen molar-refractivity contribution in [1.82, 2.24) is 9.97 Å². The quantitative estimate of drug-likeness (QED) is 0.645. The lowest BCUT2D eigenvalue weighted by Crippen LogP contribution is -2.06. The lowest BCUT2D eigenvalue weighted by atomic mass is 10.3. The van der Waals surface area contributed by atoms with Crippen molar-refractivity contribution < 1.29 is 9.90 Å². The fourth-order valence-corrected chi connectivity index (χ4v) is 0.706. The molecule has 0 radical (unpaired) electrons. The van der Waals surface area contributed by atoms with Crippen molar-refractivity contribution in [2.45, 2.75) is 6.92 Å². The van der Waals surface area contributed by atoms with Gasteiger partial charge in [0.2, 0.25) is 0 Å². The first kappa shape index (κ1) is 8.14. The van der Waals surface area contributed by atoms with Crippen molar-refractivity contribution in [1.29, 1.82) is 5.26 Å². The number of aromatic carboxylic acids is 1. The summed E-state index contributed by atoms with van der Waals surface area (Å²) in [6.07, 6.45) is 1.24. The Kier molecular flexibility index (Phi) is 2.01. The molecule has 0 aliphatic rings. The highest BCUT2D eigenvalue weighted by Gasteiger charge is 2.10. The van der Waals surface area contributed by atoms with E-state index in [4.69, 9.17) is 10.4 Å². The van der Waals surface area contributed by atoms with E-state index in [0.717, 1.165) is 0 Å². The van der Waals surface area contributed by atoms with Crippen molar-refractivity contribution in [2.75, 3.05) is 0 Å². The number of carboxylic acids is 1. The molecule has 0 atom stereocenters. The maximum atomic E-state index is 10.5. The van der Waals surface area contributed by atoms with Gasteiger partial charge in [0.1, 0.15) is 6.07 Å². The van der Waals surface area contributed by atoms with Gasteiger partial charge in [-0.2, -0.15) is 5.26 Å². The number of carboxylic acid groups (broad SMARTS) is 1. The van der Waals surface area contributed by atoms with Crippen LogP contribution in [0, 0.1) is 18.3 Å². The lowest BCUT2D eigenvalue weighted by molar-refractivity contribution is 0.0689. The molecule has 0 saturated carbocycles. The Bertz CT molecular complexity index is 367. The molecule has 5 heteroatoms. The van der Waals surface area contributed by atoms with Crippen molar-refractivity contribution in [3.05, 3.63) is 23.3 Å². The Morgan fingerprint density at radius 3 is 2.92 bits per heavy atom. The summed E-state index contributed by atoms with van der Waals surface area (Å²) in [6, 6.07) is 1.71. The summed E-state index contributed by atoms with van der Waals surface area (Å²) in [5.74, 6) is -1.17. The van der Waals surface area contributed by atoms with Gasteiger partial charge in [0.25, 0.3) is 0 Å². The van der Waals surface area contributed by atoms with Crippen LogP contribution in [0.1, 0.15) is 21.9 Å². The van der Waals surface area contributed by atoms with Gasteiger partial charge in [-0.25, -0.2) is 9.78 Å². The van der Waals surface area contributed by atoms with Crippen LogP contribution in [0.2, 0.25) is 0 Å². The number of hydrogen-bond acceptors (Lipinski definition) is 4. The second kappa shape index (κ2) is 2.96. The number of nitrogens with zero attached hydrogens (tertiary/aromatic N) is 3. The molecule has 1 rings (SSSR count). The third-order valence-corrected chi connectivity index (χ3v) is 1.27. The zero-order valence-corrected chi connectivity index (χ0v) is 6.27. The molecule has 0 bridgehead atoms. The summed E-state index contributed by atoms with van der Waals surface area (Å²) in [5.41, 5.74) is 0.147. The second-order valence-corrected chi connectivity index (χ2v) is 2.11. The highest BCUT2D eigenvalue weighted by Crippen LogP contribution is 2.01. The molecule has 0 aliphatic heterocycles. The number of aryl methyl sites for hydroxylation is 1. The van der Waals surface area contributed by atoms with E-state index in [1.54, 1.807) is 6.07 Å². The molecule has 0 amide bonds. The van der Waals surface area contributed by atoms with Gasteiger partial charge >= 0.3 is 5.97 Å². The average molecular weight is 163 g/mol. The summed E-state index contributed by atoms with van der Waals surface area (Å²) in [5, 5.41) is 17.0. The summed E-state index contributed by atoms with van der Waals surface area (Å²) in [4.78, 5) is 17.8. The molecule has 0 aliphatic carbocycles. The van der Waals surface area contributed by atoms with Gasteiger partial charge in [-0.3, -0.25) is 4.98 Å². The Balaban J connectivity index is 3.28. The largest absolute Gasteiger partial charge is 0.476 e. The molecular weight excluding hydrogens is 158 g/mol. The van der Waals surface area contributed by atoms with Gasteiger partial charge < -0.3 is 5.11 Å². The molecule has 1 aromatic heterocycles. The number of aromatic nitrogens is 2. The second-order valence-electron chi connectivity index (χ2n) is 2.11. The van der Waals surface area contributed by atoms with Gasteiger partial charge in [0.05, 0.1) is 11.9 Å². The Hall–Kier alpha value is -1.96. The summed E-state index contributed by atoms with van der Waals surface area (Å²) in [6.45, 7) is 1.53. The van der Waals surface area contributed by atoms with Crippen LogP contribution in [0.3, 0.4) is 0 Å². The highest BCUT2D eigenvalue weighted by molar-refractivity contribution is 5.86. The van der Waals surface area contributed by atoms with E-state index in [9.17, 15) is 4.79 Å². The lowest BCUT2D eigenvalue weighted by Gasteiger charge is -1.96. The van der Waals surface area contributed by atoms with Gasteiger partial charge in [-0.05, 0) is 6.92 Å². The minimum Gasteiger partial charge on any atom is -0.476 e. The fourth-order valence-electron chi connectivity index (χ4n) is 0.706. The molecule has 5 nitrogen and oxygen atoms in total. The van der Waals surface area contributed by atoms with Crippen LogP contribution in [-0.4, -0.2) is 21.0 Å². The number of rotatable bonds is 1. The molecule has 0 spiro atoms. The van der Waals surface area contributed by atoms with Crippen LogP contribution >= 0.6 is 0 Å². The first-order valence-electron chi connectivity index (χ1n) is 3.12. The standard InChI is InChI=1S/C7H5N3O2/c1-4-6(7(11)12)10-5(2-8)3-9-4/h3H,1H3,(H,11,12). The predicted octanol–water partition coefficient (Wildman–Crippen LogP) is 0.355. The zero-order chi connectivity index (χ0) is 9.14. The van der Waals surface area contributed by atoms with Crippen LogP contribution in [0.4, 0.5) is 0 Å². The van der Waals surface area contributed by atoms with Crippen LogP contribution in [0.25, 0.3) is 0 Å². The van der Waals surface area contributed by atoms with Gasteiger partial charge in [0.15, 0.2) is 11.4 Å². The monoisotopic (exact) mass is 163 g/mol. The number of carbonyl (C=O) groups is 1. The van der Waals surface area contributed by atoms with E-state index in [0.29, 0.717) is 5.69 Å². The van der Waals surface area contributed by atoms with Crippen LogP contribution < -0.4 is 0 Å². The molecular formula is C7H5N3O2. The Morgan fingerprint density at radius 1 is 1.75 bits per heavy atom. The normalized spacial score (nSPS) is 9.00. The van der Waals surface area contributed by atoms with E-state index in [2.05, 4.69) is 9.97 Å². The van der Waals surface area contributed by atoms with Crippen molar-refractivity contribution in [3.63, 3.8) is 0 Å². The molecule has 1 heterocycles. The SMILES string of the molecule is Cc1ncc(C#N)nc1C(=O)O. The minimum absolute atomic E-state index is 0.0120. The Morgan fingerprint density at radius 2 is 2.42 bits per heavy atom. The maximum absolute atomic E-state index is 10.5. The minimum atomic E-state index is -1.17. The fraction of sp³-hybridized carbons (Fsp3) is 0.143. The van der Waals surface area contributed by atoms with Crippen molar-refractivity contribution in [3.8, 4) is 6.07 Å². The topological polar surface area (TPSA) is 86.9 Å². The van der Waals surface area contributed by atoms with Crippen molar-refractivity contribution >= 4 is 5.97 Å². The van der Waals surface area contributed by atoms with E-state index < -0.39 is 5.97 Å². The van der Waals surface area contributed by atoms with Crippen LogP contribution in [0.15, 0.2) is 6.20 Å². The number of nitriles is 1. The molecule has 0 unspecified atom stereocenters. The van der Waals surface area contributed by atoms with Gasteiger partial charge in [0, 0.05) is 0 Å².